The number of aromatic nitrogens is 2. The first kappa shape index (κ1) is 15.9. The van der Waals surface area contributed by atoms with Crippen LogP contribution in [0.2, 0.25) is 0 Å². The van der Waals surface area contributed by atoms with Crippen molar-refractivity contribution < 1.29 is 0 Å². The van der Waals surface area contributed by atoms with Crippen molar-refractivity contribution in [3.05, 3.63) is 63.8 Å². The van der Waals surface area contributed by atoms with Gasteiger partial charge in [-0.2, -0.15) is 0 Å². The highest BCUT2D eigenvalue weighted by Crippen LogP contribution is 2.20. The number of piperidine rings is 1. The SMILES string of the molecule is Cc1ncn(CC2CCN(Cc3ccccc3)CC2)c(=O)c1C. The van der Waals surface area contributed by atoms with Crippen molar-refractivity contribution in [2.24, 2.45) is 5.92 Å². The summed E-state index contributed by atoms with van der Waals surface area (Å²) in [7, 11) is 0. The molecule has 0 spiro atoms. The minimum absolute atomic E-state index is 0.115. The lowest BCUT2D eigenvalue weighted by molar-refractivity contribution is 0.166. The van der Waals surface area contributed by atoms with E-state index >= 15 is 0 Å². The van der Waals surface area contributed by atoms with Gasteiger partial charge < -0.3 is 0 Å². The molecule has 0 aliphatic carbocycles. The van der Waals surface area contributed by atoms with Crippen LogP contribution in [0.5, 0.6) is 0 Å². The van der Waals surface area contributed by atoms with E-state index in [9.17, 15) is 4.79 Å². The summed E-state index contributed by atoms with van der Waals surface area (Å²) in [6.45, 7) is 7.79. The summed E-state index contributed by atoms with van der Waals surface area (Å²) in [5.74, 6) is 0.573. The van der Waals surface area contributed by atoms with Gasteiger partial charge in [0, 0.05) is 24.3 Å². The zero-order chi connectivity index (χ0) is 16.2. The Morgan fingerprint density at radius 3 is 2.52 bits per heavy atom. The fraction of sp³-hybridized carbons (Fsp3) is 0.474. The maximum Gasteiger partial charge on any atom is 0.256 e. The van der Waals surface area contributed by atoms with Crippen LogP contribution < -0.4 is 5.56 Å². The Morgan fingerprint density at radius 1 is 1.13 bits per heavy atom. The predicted octanol–water partition coefficient (Wildman–Crippen LogP) is 2.77. The molecule has 23 heavy (non-hydrogen) atoms. The second-order valence-corrected chi connectivity index (χ2v) is 6.62. The van der Waals surface area contributed by atoms with Crippen molar-refractivity contribution in [3.63, 3.8) is 0 Å². The molecule has 0 saturated carbocycles. The molecule has 0 bridgehead atoms. The average molecular weight is 311 g/mol. The van der Waals surface area contributed by atoms with Crippen LogP contribution in [-0.2, 0) is 13.1 Å². The van der Waals surface area contributed by atoms with E-state index in [1.807, 2.05) is 13.8 Å². The van der Waals surface area contributed by atoms with Gasteiger partial charge in [0.05, 0.1) is 6.33 Å². The van der Waals surface area contributed by atoms with Crippen LogP contribution in [0, 0.1) is 19.8 Å². The lowest BCUT2D eigenvalue weighted by Gasteiger charge is -2.32. The Morgan fingerprint density at radius 2 is 1.83 bits per heavy atom. The predicted molar refractivity (Wildman–Crippen MR) is 92.4 cm³/mol. The summed E-state index contributed by atoms with van der Waals surface area (Å²) >= 11 is 0. The number of rotatable bonds is 4. The van der Waals surface area contributed by atoms with E-state index < -0.39 is 0 Å². The lowest BCUT2D eigenvalue weighted by atomic mass is 9.96. The molecule has 0 N–H and O–H groups in total. The van der Waals surface area contributed by atoms with Crippen LogP contribution in [-0.4, -0.2) is 27.5 Å². The molecule has 4 nitrogen and oxygen atoms in total. The molecule has 1 aliphatic rings. The van der Waals surface area contributed by atoms with Gasteiger partial charge in [-0.05, 0) is 51.3 Å². The van der Waals surface area contributed by atoms with Crippen molar-refractivity contribution in [1.29, 1.82) is 0 Å². The van der Waals surface area contributed by atoms with Crippen LogP contribution in [0.3, 0.4) is 0 Å². The molecule has 2 aromatic rings. The highest BCUT2D eigenvalue weighted by Gasteiger charge is 2.20. The monoisotopic (exact) mass is 311 g/mol. The number of likely N-dealkylation sites (tertiary alicyclic amines) is 1. The Hall–Kier alpha value is -1.94. The van der Waals surface area contributed by atoms with Crippen molar-refractivity contribution in [3.8, 4) is 0 Å². The molecule has 1 fully saturated rings. The van der Waals surface area contributed by atoms with Gasteiger partial charge in [-0.3, -0.25) is 14.3 Å². The fourth-order valence-corrected chi connectivity index (χ4v) is 3.25. The molecule has 0 amide bonds. The Kier molecular flexibility index (Phi) is 4.91. The van der Waals surface area contributed by atoms with Crippen molar-refractivity contribution >= 4 is 0 Å². The minimum Gasteiger partial charge on any atom is -0.299 e. The first-order valence-electron chi connectivity index (χ1n) is 8.42. The second-order valence-electron chi connectivity index (χ2n) is 6.62. The van der Waals surface area contributed by atoms with E-state index in [0.717, 1.165) is 50.3 Å². The third-order valence-electron chi connectivity index (χ3n) is 4.93. The van der Waals surface area contributed by atoms with Gasteiger partial charge in [0.15, 0.2) is 0 Å². The summed E-state index contributed by atoms with van der Waals surface area (Å²) in [6.07, 6.45) is 4.00. The third kappa shape index (κ3) is 3.88. The van der Waals surface area contributed by atoms with Gasteiger partial charge >= 0.3 is 0 Å². The quantitative estimate of drug-likeness (QED) is 0.871. The Labute approximate surface area is 137 Å². The van der Waals surface area contributed by atoms with Crippen LogP contribution in [0.4, 0.5) is 0 Å². The number of nitrogens with zero attached hydrogens (tertiary/aromatic N) is 3. The number of aryl methyl sites for hydroxylation is 1. The fourth-order valence-electron chi connectivity index (χ4n) is 3.25. The number of hydrogen-bond acceptors (Lipinski definition) is 3. The molecule has 122 valence electrons. The summed E-state index contributed by atoms with van der Waals surface area (Å²) in [5, 5.41) is 0. The van der Waals surface area contributed by atoms with Crippen LogP contribution in [0.15, 0.2) is 41.5 Å². The standard InChI is InChI=1S/C19H25N3O/c1-15-16(2)20-14-22(19(15)23)13-18-8-10-21(11-9-18)12-17-6-4-3-5-7-17/h3-7,14,18H,8-13H2,1-2H3. The number of benzene rings is 1. The Bertz CT molecular complexity index is 700. The summed E-state index contributed by atoms with van der Waals surface area (Å²) in [4.78, 5) is 19.1. The zero-order valence-corrected chi connectivity index (χ0v) is 14.0. The maximum atomic E-state index is 12.3. The topological polar surface area (TPSA) is 38.1 Å². The molecule has 0 radical (unpaired) electrons. The summed E-state index contributed by atoms with van der Waals surface area (Å²) in [6, 6.07) is 10.6. The van der Waals surface area contributed by atoms with E-state index in [-0.39, 0.29) is 5.56 Å². The van der Waals surface area contributed by atoms with Crippen LogP contribution in [0.1, 0.15) is 29.7 Å². The van der Waals surface area contributed by atoms with Crippen molar-refractivity contribution in [2.45, 2.75) is 39.8 Å². The van der Waals surface area contributed by atoms with Gasteiger partial charge in [0.1, 0.15) is 0 Å². The van der Waals surface area contributed by atoms with E-state index in [1.54, 1.807) is 10.9 Å². The maximum absolute atomic E-state index is 12.3. The first-order chi connectivity index (χ1) is 11.1. The number of hydrogen-bond donors (Lipinski definition) is 0. The smallest absolute Gasteiger partial charge is 0.256 e. The van der Waals surface area contributed by atoms with Gasteiger partial charge in [-0.1, -0.05) is 30.3 Å². The van der Waals surface area contributed by atoms with Gasteiger partial charge in [-0.25, -0.2) is 4.98 Å². The molecule has 1 aromatic carbocycles. The van der Waals surface area contributed by atoms with Gasteiger partial charge in [-0.15, -0.1) is 0 Å². The molecule has 2 heterocycles. The largest absolute Gasteiger partial charge is 0.299 e. The second kappa shape index (κ2) is 7.09. The van der Waals surface area contributed by atoms with E-state index in [0.29, 0.717) is 5.92 Å². The van der Waals surface area contributed by atoms with Crippen LogP contribution >= 0.6 is 0 Å². The molecule has 0 atom stereocenters. The van der Waals surface area contributed by atoms with Crippen molar-refractivity contribution in [2.75, 3.05) is 13.1 Å². The van der Waals surface area contributed by atoms with Gasteiger partial charge in [0.25, 0.3) is 5.56 Å². The molecular formula is C19H25N3O. The third-order valence-corrected chi connectivity index (χ3v) is 4.93. The highest BCUT2D eigenvalue weighted by molar-refractivity contribution is 5.14. The normalized spacial score (nSPS) is 16.6. The zero-order valence-electron chi connectivity index (χ0n) is 14.0. The van der Waals surface area contributed by atoms with Crippen molar-refractivity contribution in [1.82, 2.24) is 14.5 Å². The van der Waals surface area contributed by atoms with E-state index in [4.69, 9.17) is 0 Å². The average Bonchev–Trinajstić information content (AvgIpc) is 2.58. The van der Waals surface area contributed by atoms with E-state index in [1.165, 1.54) is 5.56 Å². The van der Waals surface area contributed by atoms with Crippen LogP contribution in [0.25, 0.3) is 0 Å². The Balaban J connectivity index is 1.55. The molecule has 4 heteroatoms. The van der Waals surface area contributed by atoms with E-state index in [2.05, 4.69) is 40.2 Å². The summed E-state index contributed by atoms with van der Waals surface area (Å²) < 4.78 is 1.79. The molecule has 1 aromatic heterocycles. The molecule has 0 unspecified atom stereocenters. The highest BCUT2D eigenvalue weighted by atomic mass is 16.1. The molecule has 3 rings (SSSR count). The molecular weight excluding hydrogens is 286 g/mol. The van der Waals surface area contributed by atoms with Gasteiger partial charge in [0.2, 0.25) is 0 Å². The lowest BCUT2D eigenvalue weighted by Crippen LogP contribution is -2.36. The first-order valence-corrected chi connectivity index (χ1v) is 8.42. The minimum atomic E-state index is 0.115. The molecule has 1 saturated heterocycles. The molecule has 1 aliphatic heterocycles. The summed E-state index contributed by atoms with van der Waals surface area (Å²) in [5.41, 5.74) is 3.10.